The van der Waals surface area contributed by atoms with Crippen LogP contribution in [0.4, 0.5) is 5.69 Å². The Kier molecular flexibility index (Phi) is 4.20. The lowest BCUT2D eigenvalue weighted by molar-refractivity contribution is 0.417. The van der Waals surface area contributed by atoms with Crippen molar-refractivity contribution in [2.75, 3.05) is 19.4 Å². The third kappa shape index (κ3) is 2.61. The van der Waals surface area contributed by atoms with E-state index >= 15 is 0 Å². The second-order valence-corrected chi connectivity index (χ2v) is 6.27. The molecule has 5 nitrogen and oxygen atoms in total. The second-order valence-electron chi connectivity index (χ2n) is 6.27. The zero-order chi connectivity index (χ0) is 17.4. The number of benzene rings is 2. The highest BCUT2D eigenvalue weighted by Gasteiger charge is 2.18. The summed E-state index contributed by atoms with van der Waals surface area (Å²) in [6, 6.07) is 10.2. The fraction of sp³-hybridized carbons (Fsp3) is 0.316. The number of ether oxygens (including phenoxy) is 1. The number of fused-ring (bicyclic) bond motifs is 1. The zero-order valence-corrected chi connectivity index (χ0v) is 14.6. The van der Waals surface area contributed by atoms with E-state index in [1.807, 2.05) is 18.2 Å². The van der Waals surface area contributed by atoms with E-state index < -0.39 is 0 Å². The van der Waals surface area contributed by atoms with Crippen molar-refractivity contribution in [2.45, 2.75) is 26.8 Å². The summed E-state index contributed by atoms with van der Waals surface area (Å²) in [6.07, 6.45) is 0. The van der Waals surface area contributed by atoms with Crippen molar-refractivity contribution in [1.29, 1.82) is 0 Å². The van der Waals surface area contributed by atoms with E-state index in [9.17, 15) is 0 Å². The van der Waals surface area contributed by atoms with Crippen LogP contribution in [0, 0.1) is 13.8 Å². The van der Waals surface area contributed by atoms with E-state index in [1.54, 1.807) is 7.11 Å². The van der Waals surface area contributed by atoms with E-state index in [4.69, 9.17) is 21.2 Å². The van der Waals surface area contributed by atoms with Gasteiger partial charge in [0.2, 0.25) is 0 Å². The van der Waals surface area contributed by atoms with E-state index in [0.29, 0.717) is 18.0 Å². The van der Waals surface area contributed by atoms with Gasteiger partial charge in [0.1, 0.15) is 11.6 Å². The molecule has 0 amide bonds. The number of hydrogen-bond donors (Lipinski definition) is 2. The van der Waals surface area contributed by atoms with Gasteiger partial charge in [0.25, 0.3) is 0 Å². The standard InChI is InChI=1S/C19H24N4O/c1-11-7-16-17(8-12(11)2)23(13(3)10-20)19(22-16)14-5-6-18(24-4)15(21)9-14/h5-9,13H,10,20-21H2,1-4H3. The lowest BCUT2D eigenvalue weighted by Crippen LogP contribution is -2.17. The maximum atomic E-state index is 6.08. The lowest BCUT2D eigenvalue weighted by atomic mass is 10.1. The quantitative estimate of drug-likeness (QED) is 0.721. The number of aromatic nitrogens is 2. The zero-order valence-electron chi connectivity index (χ0n) is 14.6. The fourth-order valence-corrected chi connectivity index (χ4v) is 2.98. The molecule has 3 rings (SSSR count). The first kappa shape index (κ1) is 16.3. The monoisotopic (exact) mass is 324 g/mol. The van der Waals surface area contributed by atoms with E-state index in [2.05, 4.69) is 37.5 Å². The van der Waals surface area contributed by atoms with Crippen molar-refractivity contribution in [3.63, 3.8) is 0 Å². The van der Waals surface area contributed by atoms with Crippen molar-refractivity contribution in [3.8, 4) is 17.1 Å². The fourth-order valence-electron chi connectivity index (χ4n) is 2.98. The van der Waals surface area contributed by atoms with Crippen LogP contribution in [0.1, 0.15) is 24.1 Å². The van der Waals surface area contributed by atoms with Gasteiger partial charge < -0.3 is 20.8 Å². The summed E-state index contributed by atoms with van der Waals surface area (Å²) in [5.74, 6) is 1.54. The number of aryl methyl sites for hydroxylation is 2. The van der Waals surface area contributed by atoms with Crippen LogP contribution in [0.5, 0.6) is 5.75 Å². The summed E-state index contributed by atoms with van der Waals surface area (Å²) < 4.78 is 7.45. The van der Waals surface area contributed by atoms with Gasteiger partial charge in [-0.1, -0.05) is 0 Å². The number of nitrogen functional groups attached to an aromatic ring is 1. The van der Waals surface area contributed by atoms with Gasteiger partial charge in [-0.3, -0.25) is 0 Å². The molecule has 126 valence electrons. The van der Waals surface area contributed by atoms with Crippen LogP contribution < -0.4 is 16.2 Å². The number of nitrogens with two attached hydrogens (primary N) is 2. The molecule has 1 aromatic heterocycles. The summed E-state index contributed by atoms with van der Waals surface area (Å²) in [5, 5.41) is 0. The molecule has 1 heterocycles. The molecule has 5 heteroatoms. The number of methoxy groups -OCH3 is 1. The van der Waals surface area contributed by atoms with Gasteiger partial charge in [0, 0.05) is 18.2 Å². The molecule has 0 radical (unpaired) electrons. The van der Waals surface area contributed by atoms with Gasteiger partial charge in [-0.15, -0.1) is 0 Å². The van der Waals surface area contributed by atoms with Gasteiger partial charge >= 0.3 is 0 Å². The summed E-state index contributed by atoms with van der Waals surface area (Å²) in [7, 11) is 1.61. The first-order chi connectivity index (χ1) is 11.5. The molecular formula is C19H24N4O. The molecule has 0 bridgehead atoms. The Labute approximate surface area is 142 Å². The topological polar surface area (TPSA) is 79.1 Å². The van der Waals surface area contributed by atoms with Gasteiger partial charge in [-0.2, -0.15) is 0 Å². The highest BCUT2D eigenvalue weighted by Crippen LogP contribution is 2.33. The predicted molar refractivity (Wildman–Crippen MR) is 99.4 cm³/mol. The van der Waals surface area contributed by atoms with Crippen LogP contribution in [0.15, 0.2) is 30.3 Å². The Morgan fingerprint density at radius 2 is 1.88 bits per heavy atom. The summed E-state index contributed by atoms with van der Waals surface area (Å²) >= 11 is 0. The van der Waals surface area contributed by atoms with E-state index in [1.165, 1.54) is 11.1 Å². The molecule has 4 N–H and O–H groups in total. The molecule has 0 saturated heterocycles. The Bertz CT molecular complexity index is 898. The molecule has 0 spiro atoms. The molecule has 2 aromatic carbocycles. The third-order valence-corrected chi connectivity index (χ3v) is 4.57. The molecule has 1 atom stereocenters. The Balaban J connectivity index is 2.28. The van der Waals surface area contributed by atoms with Crippen LogP contribution >= 0.6 is 0 Å². The number of hydrogen-bond acceptors (Lipinski definition) is 4. The maximum Gasteiger partial charge on any atom is 0.141 e. The average Bonchev–Trinajstić information content (AvgIpc) is 2.92. The Hall–Kier alpha value is -2.53. The number of nitrogens with zero attached hydrogens (tertiary/aromatic N) is 2. The summed E-state index contributed by atoms with van der Waals surface area (Å²) in [4.78, 5) is 4.86. The van der Waals surface area contributed by atoms with Crippen LogP contribution in [0.2, 0.25) is 0 Å². The normalized spacial score (nSPS) is 12.5. The smallest absolute Gasteiger partial charge is 0.141 e. The van der Waals surface area contributed by atoms with Crippen LogP contribution in [0.3, 0.4) is 0 Å². The average molecular weight is 324 g/mol. The summed E-state index contributed by atoms with van der Waals surface area (Å²) in [5.41, 5.74) is 18.1. The van der Waals surface area contributed by atoms with Crippen LogP contribution in [-0.4, -0.2) is 23.2 Å². The Morgan fingerprint density at radius 3 is 2.50 bits per heavy atom. The highest BCUT2D eigenvalue weighted by atomic mass is 16.5. The predicted octanol–water partition coefficient (Wildman–Crippen LogP) is 3.43. The van der Waals surface area contributed by atoms with Crippen molar-refractivity contribution >= 4 is 16.7 Å². The number of anilines is 1. The molecule has 0 aliphatic carbocycles. The minimum absolute atomic E-state index is 0.135. The molecule has 0 fully saturated rings. The van der Waals surface area contributed by atoms with E-state index in [-0.39, 0.29) is 6.04 Å². The van der Waals surface area contributed by atoms with Crippen molar-refractivity contribution in [1.82, 2.24) is 9.55 Å². The molecule has 0 saturated carbocycles. The molecular weight excluding hydrogens is 300 g/mol. The minimum atomic E-state index is 0.135. The molecule has 0 aliphatic rings. The first-order valence-electron chi connectivity index (χ1n) is 8.09. The molecule has 1 unspecified atom stereocenters. The minimum Gasteiger partial charge on any atom is -0.495 e. The second kappa shape index (κ2) is 6.17. The number of rotatable bonds is 4. The largest absolute Gasteiger partial charge is 0.495 e. The summed E-state index contributed by atoms with van der Waals surface area (Å²) in [6.45, 7) is 6.86. The van der Waals surface area contributed by atoms with Gasteiger partial charge in [0.15, 0.2) is 0 Å². The Morgan fingerprint density at radius 1 is 1.17 bits per heavy atom. The van der Waals surface area contributed by atoms with Gasteiger partial charge in [0.05, 0.1) is 23.8 Å². The van der Waals surface area contributed by atoms with Crippen LogP contribution in [-0.2, 0) is 0 Å². The van der Waals surface area contributed by atoms with Gasteiger partial charge in [-0.05, 0) is 62.2 Å². The van der Waals surface area contributed by atoms with Gasteiger partial charge in [-0.25, -0.2) is 4.98 Å². The van der Waals surface area contributed by atoms with Crippen LogP contribution in [0.25, 0.3) is 22.4 Å². The molecule has 24 heavy (non-hydrogen) atoms. The lowest BCUT2D eigenvalue weighted by Gasteiger charge is -2.17. The van der Waals surface area contributed by atoms with Crippen molar-refractivity contribution < 1.29 is 4.74 Å². The molecule has 3 aromatic rings. The van der Waals surface area contributed by atoms with E-state index in [0.717, 1.165) is 22.4 Å². The number of imidazole rings is 1. The molecule has 0 aliphatic heterocycles. The SMILES string of the molecule is COc1ccc(-c2nc3cc(C)c(C)cc3n2C(C)CN)cc1N. The van der Waals surface area contributed by atoms with Crippen molar-refractivity contribution in [2.24, 2.45) is 5.73 Å². The highest BCUT2D eigenvalue weighted by molar-refractivity contribution is 5.83. The first-order valence-corrected chi connectivity index (χ1v) is 8.09. The third-order valence-electron chi connectivity index (χ3n) is 4.57. The van der Waals surface area contributed by atoms with Crippen molar-refractivity contribution in [3.05, 3.63) is 41.5 Å². The maximum absolute atomic E-state index is 6.08.